The third kappa shape index (κ3) is 5.07. The van der Waals surface area contributed by atoms with E-state index < -0.39 is 11.7 Å². The van der Waals surface area contributed by atoms with Crippen LogP contribution < -0.4 is 5.32 Å². The van der Waals surface area contributed by atoms with E-state index in [9.17, 15) is 18.8 Å². The summed E-state index contributed by atoms with van der Waals surface area (Å²) in [5, 5.41) is 12.1. The number of benzene rings is 3. The first-order valence-electron chi connectivity index (χ1n) is 8.67. The number of carbonyl (C=O) groups is 1. The van der Waals surface area contributed by atoms with Gasteiger partial charge in [-0.25, -0.2) is 8.78 Å². The molecule has 0 atom stereocenters. The Balaban J connectivity index is 1.80. The van der Waals surface area contributed by atoms with Gasteiger partial charge < -0.3 is 5.32 Å². The lowest BCUT2D eigenvalue weighted by Gasteiger charge is -2.08. The van der Waals surface area contributed by atoms with Crippen LogP contribution in [-0.2, 0) is 11.2 Å². The van der Waals surface area contributed by atoms with Crippen LogP contribution in [0.1, 0.15) is 16.7 Å². The maximum absolute atomic E-state index is 13.8. The van der Waals surface area contributed by atoms with Crippen molar-refractivity contribution in [3.63, 3.8) is 0 Å². The standard InChI is InChI=1S/C23H15ClF2N2O/c24-19-12-15(9-10-16(19)13-17-5-1-2-6-20(17)25)11-18(14-27)23(29)28-22-8-4-3-7-21(22)26/h1-12H,13H2,(H,28,29)/b18-11+. The molecule has 0 unspecified atom stereocenters. The summed E-state index contributed by atoms with van der Waals surface area (Å²) in [4.78, 5) is 12.3. The SMILES string of the molecule is N#C/C(=C\c1ccc(Cc2ccccc2F)c(Cl)c1)C(=O)Nc1ccccc1F. The highest BCUT2D eigenvalue weighted by Crippen LogP contribution is 2.24. The molecule has 1 amide bonds. The Morgan fingerprint density at radius 1 is 1.00 bits per heavy atom. The lowest BCUT2D eigenvalue weighted by Crippen LogP contribution is -2.14. The third-order valence-corrected chi connectivity index (χ3v) is 4.57. The fourth-order valence-electron chi connectivity index (χ4n) is 2.71. The van der Waals surface area contributed by atoms with Gasteiger partial charge in [0.25, 0.3) is 5.91 Å². The van der Waals surface area contributed by atoms with Crippen molar-refractivity contribution < 1.29 is 13.6 Å². The minimum atomic E-state index is -0.732. The van der Waals surface area contributed by atoms with E-state index in [4.69, 9.17) is 11.6 Å². The molecule has 0 saturated heterocycles. The van der Waals surface area contributed by atoms with Crippen molar-refractivity contribution in [3.8, 4) is 6.07 Å². The van der Waals surface area contributed by atoms with Gasteiger partial charge >= 0.3 is 0 Å². The molecule has 6 heteroatoms. The van der Waals surface area contributed by atoms with Gasteiger partial charge in [0.1, 0.15) is 23.3 Å². The molecule has 0 aliphatic carbocycles. The van der Waals surface area contributed by atoms with Gasteiger partial charge in [-0.1, -0.05) is 54.1 Å². The van der Waals surface area contributed by atoms with Crippen molar-refractivity contribution in [1.82, 2.24) is 0 Å². The smallest absolute Gasteiger partial charge is 0.266 e. The predicted octanol–water partition coefficient (Wildman–Crippen LogP) is 5.75. The van der Waals surface area contributed by atoms with Gasteiger partial charge in [0, 0.05) is 11.4 Å². The molecule has 144 valence electrons. The van der Waals surface area contributed by atoms with Crippen LogP contribution >= 0.6 is 11.6 Å². The summed E-state index contributed by atoms with van der Waals surface area (Å²) in [6, 6.07) is 18.9. The summed E-state index contributed by atoms with van der Waals surface area (Å²) < 4.78 is 27.5. The molecular formula is C23H15ClF2N2O. The Hall–Kier alpha value is -3.49. The minimum Gasteiger partial charge on any atom is -0.319 e. The van der Waals surface area contributed by atoms with Crippen LogP contribution in [0.5, 0.6) is 0 Å². The van der Waals surface area contributed by atoms with Crippen LogP contribution in [0.15, 0.2) is 72.3 Å². The number of amides is 1. The van der Waals surface area contributed by atoms with E-state index in [1.165, 1.54) is 30.3 Å². The van der Waals surface area contributed by atoms with Gasteiger partial charge in [0.15, 0.2) is 0 Å². The number of nitrogens with zero attached hydrogens (tertiary/aromatic N) is 1. The van der Waals surface area contributed by atoms with Crippen LogP contribution in [0, 0.1) is 23.0 Å². The Labute approximate surface area is 171 Å². The Morgan fingerprint density at radius 3 is 2.34 bits per heavy atom. The minimum absolute atomic E-state index is 0.0167. The van der Waals surface area contributed by atoms with Crippen LogP contribution in [-0.4, -0.2) is 5.91 Å². The molecule has 3 aromatic carbocycles. The summed E-state index contributed by atoms with van der Waals surface area (Å²) >= 11 is 6.30. The number of anilines is 1. The molecule has 0 aliphatic heterocycles. The summed E-state index contributed by atoms with van der Waals surface area (Å²) in [6.45, 7) is 0. The maximum Gasteiger partial charge on any atom is 0.266 e. The van der Waals surface area contributed by atoms with Crippen molar-refractivity contribution in [2.45, 2.75) is 6.42 Å². The summed E-state index contributed by atoms with van der Waals surface area (Å²) in [5.74, 6) is -1.65. The van der Waals surface area contributed by atoms with Gasteiger partial charge in [-0.15, -0.1) is 0 Å². The number of hydrogen-bond acceptors (Lipinski definition) is 2. The van der Waals surface area contributed by atoms with Crippen LogP contribution in [0.25, 0.3) is 6.08 Å². The lowest BCUT2D eigenvalue weighted by molar-refractivity contribution is -0.112. The molecule has 0 radical (unpaired) electrons. The highest BCUT2D eigenvalue weighted by atomic mass is 35.5. The predicted molar refractivity (Wildman–Crippen MR) is 109 cm³/mol. The number of rotatable bonds is 5. The van der Waals surface area contributed by atoms with E-state index in [0.717, 1.165) is 0 Å². The monoisotopic (exact) mass is 408 g/mol. The number of halogens is 3. The van der Waals surface area contributed by atoms with Crippen molar-refractivity contribution in [2.24, 2.45) is 0 Å². The number of nitrogens with one attached hydrogen (secondary N) is 1. The van der Waals surface area contributed by atoms with Crippen molar-refractivity contribution in [3.05, 3.63) is 106 Å². The normalized spacial score (nSPS) is 11.0. The van der Waals surface area contributed by atoms with E-state index in [0.29, 0.717) is 28.1 Å². The van der Waals surface area contributed by atoms with Crippen molar-refractivity contribution in [2.75, 3.05) is 5.32 Å². The van der Waals surface area contributed by atoms with Gasteiger partial charge in [-0.3, -0.25) is 4.79 Å². The molecule has 0 bridgehead atoms. The zero-order valence-corrected chi connectivity index (χ0v) is 15.9. The fraction of sp³-hybridized carbons (Fsp3) is 0.0435. The Bertz CT molecular complexity index is 1140. The Kier molecular flexibility index (Phi) is 6.38. The summed E-state index contributed by atoms with van der Waals surface area (Å²) in [7, 11) is 0. The van der Waals surface area contributed by atoms with E-state index >= 15 is 0 Å². The highest BCUT2D eigenvalue weighted by Gasteiger charge is 2.12. The van der Waals surface area contributed by atoms with Crippen LogP contribution in [0.4, 0.5) is 14.5 Å². The first-order chi connectivity index (χ1) is 14.0. The zero-order valence-electron chi connectivity index (χ0n) is 15.1. The van der Waals surface area contributed by atoms with Gasteiger partial charge in [-0.05, 0) is 47.0 Å². The fourth-order valence-corrected chi connectivity index (χ4v) is 2.97. The second-order valence-electron chi connectivity index (χ2n) is 6.22. The second-order valence-corrected chi connectivity index (χ2v) is 6.63. The number of nitriles is 1. The first-order valence-corrected chi connectivity index (χ1v) is 9.05. The number of hydrogen-bond donors (Lipinski definition) is 1. The molecule has 0 fully saturated rings. The van der Waals surface area contributed by atoms with Crippen molar-refractivity contribution >= 4 is 29.3 Å². The Morgan fingerprint density at radius 2 is 1.69 bits per heavy atom. The largest absolute Gasteiger partial charge is 0.319 e. The molecule has 29 heavy (non-hydrogen) atoms. The number of carbonyl (C=O) groups excluding carboxylic acids is 1. The molecule has 3 aromatic rings. The average molecular weight is 409 g/mol. The lowest BCUT2D eigenvalue weighted by atomic mass is 10.0. The second kappa shape index (κ2) is 9.13. The van der Waals surface area contributed by atoms with Gasteiger partial charge in [-0.2, -0.15) is 5.26 Å². The number of para-hydroxylation sites is 1. The van der Waals surface area contributed by atoms with E-state index in [1.807, 2.05) is 0 Å². The van der Waals surface area contributed by atoms with Crippen LogP contribution in [0.2, 0.25) is 5.02 Å². The summed E-state index contributed by atoms with van der Waals surface area (Å²) in [5.41, 5.74) is 1.53. The van der Waals surface area contributed by atoms with E-state index in [-0.39, 0.29) is 17.1 Å². The van der Waals surface area contributed by atoms with Gasteiger partial charge in [0.2, 0.25) is 0 Å². The molecule has 0 aliphatic rings. The highest BCUT2D eigenvalue weighted by molar-refractivity contribution is 6.31. The molecule has 3 rings (SSSR count). The summed E-state index contributed by atoms with van der Waals surface area (Å²) in [6.07, 6.45) is 1.67. The molecule has 1 N–H and O–H groups in total. The van der Waals surface area contributed by atoms with E-state index in [2.05, 4.69) is 5.32 Å². The average Bonchev–Trinajstić information content (AvgIpc) is 2.71. The van der Waals surface area contributed by atoms with E-state index in [1.54, 1.807) is 48.5 Å². The maximum atomic E-state index is 13.8. The van der Waals surface area contributed by atoms with Crippen LogP contribution in [0.3, 0.4) is 0 Å². The topological polar surface area (TPSA) is 52.9 Å². The zero-order chi connectivity index (χ0) is 20.8. The van der Waals surface area contributed by atoms with Gasteiger partial charge in [0.05, 0.1) is 5.69 Å². The first kappa shape index (κ1) is 20.2. The molecule has 0 spiro atoms. The molecule has 0 heterocycles. The third-order valence-electron chi connectivity index (χ3n) is 4.21. The molecule has 0 aromatic heterocycles. The molecular weight excluding hydrogens is 394 g/mol. The quantitative estimate of drug-likeness (QED) is 0.431. The molecule has 3 nitrogen and oxygen atoms in total. The van der Waals surface area contributed by atoms with Crippen molar-refractivity contribution in [1.29, 1.82) is 5.26 Å². The molecule has 0 saturated carbocycles.